The van der Waals surface area contributed by atoms with E-state index in [9.17, 15) is 13.6 Å². The van der Waals surface area contributed by atoms with Crippen LogP contribution >= 0.6 is 0 Å². The Morgan fingerprint density at radius 1 is 1.50 bits per heavy atom. The van der Waals surface area contributed by atoms with E-state index in [-0.39, 0.29) is 12.3 Å². The zero-order valence-electron chi connectivity index (χ0n) is 7.21. The highest BCUT2D eigenvalue weighted by atomic mass is 19.3. The number of carbonyl (C=O) groups excluding carboxylic acids is 1. The summed E-state index contributed by atoms with van der Waals surface area (Å²) in [4.78, 5) is 10.5. The molecular formula is C9H9F2NO2. The summed E-state index contributed by atoms with van der Waals surface area (Å²) in [5.41, 5.74) is 0.569. The number of hydrogen-bond acceptors (Lipinski definition) is 2. The van der Waals surface area contributed by atoms with Crippen LogP contribution in [0.15, 0.2) is 24.3 Å². The van der Waals surface area contributed by atoms with E-state index in [0.717, 1.165) is 0 Å². The molecule has 0 saturated heterocycles. The van der Waals surface area contributed by atoms with Gasteiger partial charge in [-0.05, 0) is 17.7 Å². The van der Waals surface area contributed by atoms with Crippen molar-refractivity contribution in [3.05, 3.63) is 29.8 Å². The molecule has 0 bridgehead atoms. The first-order valence-corrected chi connectivity index (χ1v) is 3.93. The number of aromatic hydroxyl groups is 1. The minimum absolute atomic E-state index is 0.0163. The van der Waals surface area contributed by atoms with Crippen molar-refractivity contribution in [2.24, 2.45) is 0 Å². The second kappa shape index (κ2) is 4.55. The van der Waals surface area contributed by atoms with Crippen LogP contribution in [0, 0.1) is 0 Å². The molecule has 0 aliphatic carbocycles. The van der Waals surface area contributed by atoms with Crippen molar-refractivity contribution in [3.8, 4) is 5.75 Å². The summed E-state index contributed by atoms with van der Waals surface area (Å²) in [7, 11) is 0. The van der Waals surface area contributed by atoms with Gasteiger partial charge in [-0.3, -0.25) is 4.79 Å². The smallest absolute Gasteiger partial charge is 0.315 e. The molecular weight excluding hydrogens is 192 g/mol. The Bertz CT molecular complexity index is 328. The maximum atomic E-state index is 11.7. The van der Waals surface area contributed by atoms with Crippen molar-refractivity contribution >= 4 is 5.91 Å². The molecule has 0 heterocycles. The van der Waals surface area contributed by atoms with E-state index in [1.165, 1.54) is 12.1 Å². The Kier molecular flexibility index (Phi) is 3.39. The Labute approximate surface area is 79.4 Å². The van der Waals surface area contributed by atoms with Crippen molar-refractivity contribution in [3.63, 3.8) is 0 Å². The molecule has 5 heteroatoms. The molecule has 0 fully saturated rings. The molecule has 0 aromatic heterocycles. The van der Waals surface area contributed by atoms with Gasteiger partial charge in [0.2, 0.25) is 0 Å². The molecule has 14 heavy (non-hydrogen) atoms. The van der Waals surface area contributed by atoms with E-state index in [1.807, 2.05) is 5.32 Å². The summed E-state index contributed by atoms with van der Waals surface area (Å²) >= 11 is 0. The number of rotatable bonds is 3. The van der Waals surface area contributed by atoms with Gasteiger partial charge in [0.15, 0.2) is 0 Å². The van der Waals surface area contributed by atoms with Crippen LogP contribution < -0.4 is 5.32 Å². The summed E-state index contributed by atoms with van der Waals surface area (Å²) in [5, 5.41) is 11.1. The normalized spacial score (nSPS) is 10.2. The Balaban J connectivity index is 2.50. The molecule has 76 valence electrons. The van der Waals surface area contributed by atoms with E-state index in [1.54, 1.807) is 12.1 Å². The molecule has 0 spiro atoms. The fourth-order valence-electron chi connectivity index (χ4n) is 0.933. The van der Waals surface area contributed by atoms with Crippen molar-refractivity contribution in [1.82, 2.24) is 5.32 Å². The lowest BCUT2D eigenvalue weighted by atomic mass is 10.2. The molecule has 0 saturated carbocycles. The number of halogens is 2. The summed E-state index contributed by atoms with van der Waals surface area (Å²) in [6.45, 7) is -0.0163. The highest BCUT2D eigenvalue weighted by Crippen LogP contribution is 2.10. The lowest BCUT2D eigenvalue weighted by Crippen LogP contribution is -2.28. The monoisotopic (exact) mass is 201 g/mol. The van der Waals surface area contributed by atoms with Crippen molar-refractivity contribution in [2.75, 3.05) is 0 Å². The number of benzene rings is 1. The van der Waals surface area contributed by atoms with Crippen LogP contribution in [-0.4, -0.2) is 17.4 Å². The Morgan fingerprint density at radius 2 is 2.21 bits per heavy atom. The average molecular weight is 201 g/mol. The number of carbonyl (C=O) groups is 1. The lowest BCUT2D eigenvalue weighted by Gasteiger charge is -2.04. The van der Waals surface area contributed by atoms with E-state index >= 15 is 0 Å². The average Bonchev–Trinajstić information content (AvgIpc) is 2.14. The molecule has 3 nitrogen and oxygen atoms in total. The van der Waals surface area contributed by atoms with E-state index in [2.05, 4.69) is 0 Å². The molecule has 0 aliphatic rings. The van der Waals surface area contributed by atoms with Gasteiger partial charge in [-0.2, -0.15) is 8.78 Å². The molecule has 0 aliphatic heterocycles. The summed E-state index contributed by atoms with van der Waals surface area (Å²) in [6.07, 6.45) is -3.01. The first-order chi connectivity index (χ1) is 6.59. The SMILES string of the molecule is O=C(NCc1cccc(O)c1)C(F)F. The zero-order valence-corrected chi connectivity index (χ0v) is 7.21. The highest BCUT2D eigenvalue weighted by Gasteiger charge is 2.13. The number of nitrogens with one attached hydrogen (secondary N) is 1. The maximum Gasteiger partial charge on any atom is 0.315 e. The van der Waals surface area contributed by atoms with Gasteiger partial charge in [-0.15, -0.1) is 0 Å². The van der Waals surface area contributed by atoms with Crippen molar-refractivity contribution < 1.29 is 18.7 Å². The first-order valence-electron chi connectivity index (χ1n) is 3.93. The van der Waals surface area contributed by atoms with Gasteiger partial charge < -0.3 is 10.4 Å². The number of phenolic OH excluding ortho intramolecular Hbond substituents is 1. The van der Waals surface area contributed by atoms with E-state index in [0.29, 0.717) is 5.56 Å². The van der Waals surface area contributed by atoms with E-state index in [4.69, 9.17) is 5.11 Å². The number of hydrogen-bond donors (Lipinski definition) is 2. The Hall–Kier alpha value is -1.65. The molecule has 0 atom stereocenters. The Morgan fingerprint density at radius 3 is 2.79 bits per heavy atom. The van der Waals surface area contributed by atoms with Crippen LogP contribution in [0.4, 0.5) is 8.78 Å². The largest absolute Gasteiger partial charge is 0.508 e. The predicted molar refractivity (Wildman–Crippen MR) is 46.0 cm³/mol. The highest BCUT2D eigenvalue weighted by molar-refractivity contribution is 5.79. The third kappa shape index (κ3) is 3.01. The molecule has 0 unspecified atom stereocenters. The molecule has 1 amide bonds. The summed E-state index contributed by atoms with van der Waals surface area (Å²) in [6, 6.07) is 6.04. The minimum Gasteiger partial charge on any atom is -0.508 e. The molecule has 1 rings (SSSR count). The van der Waals surface area contributed by atoms with Crippen LogP contribution in [0.3, 0.4) is 0 Å². The van der Waals surface area contributed by atoms with Gasteiger partial charge in [-0.25, -0.2) is 0 Å². The fourth-order valence-corrected chi connectivity index (χ4v) is 0.933. The zero-order chi connectivity index (χ0) is 10.6. The molecule has 1 aromatic rings. The van der Waals surface area contributed by atoms with Crippen LogP contribution in [0.5, 0.6) is 5.75 Å². The van der Waals surface area contributed by atoms with Gasteiger partial charge in [-0.1, -0.05) is 12.1 Å². The van der Waals surface area contributed by atoms with Crippen LogP contribution in [-0.2, 0) is 11.3 Å². The first kappa shape index (κ1) is 10.4. The van der Waals surface area contributed by atoms with Crippen molar-refractivity contribution in [1.29, 1.82) is 0 Å². The number of alkyl halides is 2. The fraction of sp³-hybridized carbons (Fsp3) is 0.222. The summed E-state index contributed by atoms with van der Waals surface area (Å²) < 4.78 is 23.5. The van der Waals surface area contributed by atoms with Crippen LogP contribution in [0.2, 0.25) is 0 Å². The van der Waals surface area contributed by atoms with Gasteiger partial charge in [0.05, 0.1) is 0 Å². The topological polar surface area (TPSA) is 49.3 Å². The van der Waals surface area contributed by atoms with Gasteiger partial charge in [0.25, 0.3) is 5.91 Å². The number of phenols is 1. The number of amides is 1. The van der Waals surface area contributed by atoms with Gasteiger partial charge in [0.1, 0.15) is 5.75 Å². The van der Waals surface area contributed by atoms with Gasteiger partial charge >= 0.3 is 6.43 Å². The third-order valence-corrected chi connectivity index (χ3v) is 1.58. The van der Waals surface area contributed by atoms with E-state index < -0.39 is 12.3 Å². The quantitative estimate of drug-likeness (QED) is 0.773. The molecule has 1 aromatic carbocycles. The van der Waals surface area contributed by atoms with Crippen LogP contribution in [0.1, 0.15) is 5.56 Å². The van der Waals surface area contributed by atoms with Crippen LogP contribution in [0.25, 0.3) is 0 Å². The third-order valence-electron chi connectivity index (χ3n) is 1.58. The van der Waals surface area contributed by atoms with Gasteiger partial charge in [0, 0.05) is 6.54 Å². The lowest BCUT2D eigenvalue weighted by molar-refractivity contribution is -0.131. The second-order valence-electron chi connectivity index (χ2n) is 2.69. The predicted octanol–water partition coefficient (Wildman–Crippen LogP) is 1.27. The van der Waals surface area contributed by atoms with Crippen molar-refractivity contribution in [2.45, 2.75) is 13.0 Å². The standard InChI is InChI=1S/C9H9F2NO2/c10-8(11)9(14)12-5-6-2-1-3-7(13)4-6/h1-4,8,13H,5H2,(H,12,14). The summed E-state index contributed by atoms with van der Waals surface area (Å²) in [5.74, 6) is -1.28. The maximum absolute atomic E-state index is 11.7. The second-order valence-corrected chi connectivity index (χ2v) is 2.69. The molecule has 0 radical (unpaired) electrons. The molecule has 2 N–H and O–H groups in total. The minimum atomic E-state index is -3.01.